The highest BCUT2D eigenvalue weighted by atomic mass is 35.5. The summed E-state index contributed by atoms with van der Waals surface area (Å²) in [6, 6.07) is 8.30. The molecule has 1 aromatic heterocycles. The lowest BCUT2D eigenvalue weighted by Gasteiger charge is -2.15. The Labute approximate surface area is 129 Å². The average Bonchev–Trinajstić information content (AvgIpc) is 2.95. The van der Waals surface area contributed by atoms with Crippen LogP contribution < -0.4 is 4.74 Å². The number of benzene rings is 1. The zero-order valence-electron chi connectivity index (χ0n) is 11.9. The number of thiazole rings is 1. The molecular formula is C16H20ClNOS. The van der Waals surface area contributed by atoms with E-state index in [1.165, 1.54) is 5.56 Å². The van der Waals surface area contributed by atoms with Crippen molar-refractivity contribution in [1.29, 1.82) is 0 Å². The van der Waals surface area contributed by atoms with Crippen LogP contribution in [0.5, 0.6) is 5.75 Å². The summed E-state index contributed by atoms with van der Waals surface area (Å²) in [5, 5.41) is 3.09. The van der Waals surface area contributed by atoms with Crippen molar-refractivity contribution in [2.24, 2.45) is 0 Å². The predicted molar refractivity (Wildman–Crippen MR) is 86.0 cm³/mol. The average molecular weight is 310 g/mol. The fourth-order valence-electron chi connectivity index (χ4n) is 2.01. The van der Waals surface area contributed by atoms with Crippen molar-refractivity contribution in [3.05, 3.63) is 45.9 Å². The largest absolute Gasteiger partial charge is 0.493 e. The SMILES string of the molecule is CCC(C)c1ccccc1OCCc1nc(CCl)cs1. The van der Waals surface area contributed by atoms with Gasteiger partial charge in [-0.3, -0.25) is 0 Å². The molecule has 0 spiro atoms. The van der Waals surface area contributed by atoms with Crippen molar-refractivity contribution < 1.29 is 4.74 Å². The summed E-state index contributed by atoms with van der Waals surface area (Å²) in [7, 11) is 0. The number of hydrogen-bond donors (Lipinski definition) is 0. The van der Waals surface area contributed by atoms with Crippen LogP contribution in [0.1, 0.15) is 42.5 Å². The van der Waals surface area contributed by atoms with Crippen LogP contribution in [-0.4, -0.2) is 11.6 Å². The van der Waals surface area contributed by atoms with Crippen LogP contribution in [0.3, 0.4) is 0 Å². The number of ether oxygens (including phenoxy) is 1. The van der Waals surface area contributed by atoms with Crippen LogP contribution in [-0.2, 0) is 12.3 Å². The molecule has 2 rings (SSSR count). The van der Waals surface area contributed by atoms with E-state index in [9.17, 15) is 0 Å². The second-order valence-corrected chi connectivity index (χ2v) is 6.02. The molecule has 0 N–H and O–H groups in total. The molecule has 0 aliphatic heterocycles. The summed E-state index contributed by atoms with van der Waals surface area (Å²) >= 11 is 7.40. The molecule has 1 atom stereocenters. The van der Waals surface area contributed by atoms with Gasteiger partial charge in [-0.15, -0.1) is 22.9 Å². The topological polar surface area (TPSA) is 22.1 Å². The highest BCUT2D eigenvalue weighted by Gasteiger charge is 2.09. The molecule has 1 aromatic carbocycles. The molecule has 0 amide bonds. The van der Waals surface area contributed by atoms with Crippen LogP contribution in [0, 0.1) is 0 Å². The molecule has 0 radical (unpaired) electrons. The molecule has 0 aliphatic rings. The third kappa shape index (κ3) is 3.97. The maximum Gasteiger partial charge on any atom is 0.122 e. The first-order chi connectivity index (χ1) is 9.74. The molecule has 20 heavy (non-hydrogen) atoms. The van der Waals surface area contributed by atoms with Crippen molar-refractivity contribution in [2.75, 3.05) is 6.61 Å². The van der Waals surface area contributed by atoms with Crippen molar-refractivity contribution in [1.82, 2.24) is 4.98 Å². The first-order valence-electron chi connectivity index (χ1n) is 6.95. The Morgan fingerprint density at radius 3 is 2.85 bits per heavy atom. The van der Waals surface area contributed by atoms with Gasteiger partial charge in [-0.1, -0.05) is 32.0 Å². The molecule has 0 saturated carbocycles. The summed E-state index contributed by atoms with van der Waals surface area (Å²) in [6.45, 7) is 5.09. The first kappa shape index (κ1) is 15.3. The van der Waals surface area contributed by atoms with E-state index < -0.39 is 0 Å². The van der Waals surface area contributed by atoms with Gasteiger partial charge < -0.3 is 4.74 Å². The molecule has 1 heterocycles. The van der Waals surface area contributed by atoms with Gasteiger partial charge in [-0.2, -0.15) is 0 Å². The highest BCUT2D eigenvalue weighted by molar-refractivity contribution is 7.09. The van der Waals surface area contributed by atoms with E-state index in [0.29, 0.717) is 18.4 Å². The van der Waals surface area contributed by atoms with Gasteiger partial charge in [0.05, 0.1) is 23.2 Å². The van der Waals surface area contributed by atoms with E-state index in [1.54, 1.807) is 11.3 Å². The Morgan fingerprint density at radius 2 is 2.15 bits per heavy atom. The summed E-state index contributed by atoms with van der Waals surface area (Å²) in [6.07, 6.45) is 1.95. The lowest BCUT2D eigenvalue weighted by Crippen LogP contribution is -2.04. The molecule has 108 valence electrons. The van der Waals surface area contributed by atoms with Crippen molar-refractivity contribution in [2.45, 2.75) is 38.5 Å². The maximum absolute atomic E-state index is 5.94. The predicted octanol–water partition coefficient (Wildman–Crippen LogP) is 5.02. The van der Waals surface area contributed by atoms with Crippen molar-refractivity contribution in [3.8, 4) is 5.75 Å². The van der Waals surface area contributed by atoms with Crippen LogP contribution in [0.4, 0.5) is 0 Å². The van der Waals surface area contributed by atoms with Gasteiger partial charge in [-0.05, 0) is 24.0 Å². The highest BCUT2D eigenvalue weighted by Crippen LogP contribution is 2.28. The zero-order valence-corrected chi connectivity index (χ0v) is 13.5. The van der Waals surface area contributed by atoms with Gasteiger partial charge in [0.2, 0.25) is 0 Å². The maximum atomic E-state index is 5.94. The summed E-state index contributed by atoms with van der Waals surface area (Å²) in [4.78, 5) is 4.44. The van der Waals surface area contributed by atoms with Gasteiger partial charge in [0.1, 0.15) is 5.75 Å². The molecular weight excluding hydrogens is 290 g/mol. The van der Waals surface area contributed by atoms with E-state index in [1.807, 2.05) is 17.5 Å². The molecule has 2 nitrogen and oxygen atoms in total. The smallest absolute Gasteiger partial charge is 0.122 e. The van der Waals surface area contributed by atoms with Crippen LogP contribution >= 0.6 is 22.9 Å². The minimum atomic E-state index is 0.480. The van der Waals surface area contributed by atoms with E-state index >= 15 is 0 Å². The second-order valence-electron chi connectivity index (χ2n) is 4.81. The Kier molecular flexibility index (Phi) is 5.86. The third-order valence-electron chi connectivity index (χ3n) is 3.37. The molecule has 2 aromatic rings. The zero-order chi connectivity index (χ0) is 14.4. The van der Waals surface area contributed by atoms with Gasteiger partial charge >= 0.3 is 0 Å². The molecule has 0 aliphatic carbocycles. The minimum absolute atomic E-state index is 0.480. The normalized spacial score (nSPS) is 12.3. The van der Waals surface area contributed by atoms with Crippen LogP contribution in [0.2, 0.25) is 0 Å². The van der Waals surface area contributed by atoms with E-state index in [0.717, 1.165) is 29.3 Å². The molecule has 1 unspecified atom stereocenters. The third-order valence-corrected chi connectivity index (χ3v) is 4.60. The van der Waals surface area contributed by atoms with Crippen molar-refractivity contribution >= 4 is 22.9 Å². The number of alkyl halides is 1. The minimum Gasteiger partial charge on any atom is -0.493 e. The monoisotopic (exact) mass is 309 g/mol. The number of rotatable bonds is 7. The molecule has 0 fully saturated rings. The molecule has 0 bridgehead atoms. The van der Waals surface area contributed by atoms with E-state index in [4.69, 9.17) is 16.3 Å². The summed E-state index contributed by atoms with van der Waals surface area (Å²) in [5.74, 6) is 2.00. The number of nitrogens with zero attached hydrogens (tertiary/aromatic N) is 1. The quantitative estimate of drug-likeness (QED) is 0.670. The molecule has 4 heteroatoms. The van der Waals surface area contributed by atoms with E-state index in [2.05, 4.69) is 31.0 Å². The van der Waals surface area contributed by atoms with Gasteiger partial charge in [0, 0.05) is 11.8 Å². The summed E-state index contributed by atoms with van der Waals surface area (Å²) < 4.78 is 5.94. The second kappa shape index (κ2) is 7.65. The lowest BCUT2D eigenvalue weighted by molar-refractivity contribution is 0.316. The standard InChI is InChI=1S/C16H20ClNOS/c1-3-12(2)14-6-4-5-7-15(14)19-9-8-16-18-13(10-17)11-20-16/h4-7,11-12H,3,8-10H2,1-2H3. The lowest BCUT2D eigenvalue weighted by atomic mass is 9.98. The van der Waals surface area contributed by atoms with Crippen LogP contribution in [0.15, 0.2) is 29.6 Å². The Hall–Kier alpha value is -1.06. The Balaban J connectivity index is 1.93. The van der Waals surface area contributed by atoms with Crippen LogP contribution in [0.25, 0.3) is 0 Å². The fraction of sp³-hybridized carbons (Fsp3) is 0.438. The number of para-hydroxylation sites is 1. The Bertz CT molecular complexity index is 541. The Morgan fingerprint density at radius 1 is 1.35 bits per heavy atom. The summed E-state index contributed by atoms with van der Waals surface area (Å²) in [5.41, 5.74) is 2.24. The van der Waals surface area contributed by atoms with Gasteiger partial charge in [0.25, 0.3) is 0 Å². The van der Waals surface area contributed by atoms with Gasteiger partial charge in [0.15, 0.2) is 0 Å². The van der Waals surface area contributed by atoms with Gasteiger partial charge in [-0.25, -0.2) is 4.98 Å². The fourth-order valence-corrected chi connectivity index (χ4v) is 3.02. The number of halogens is 1. The molecule has 0 saturated heterocycles. The number of aromatic nitrogens is 1. The first-order valence-corrected chi connectivity index (χ1v) is 8.37. The van der Waals surface area contributed by atoms with Crippen molar-refractivity contribution in [3.63, 3.8) is 0 Å². The number of hydrogen-bond acceptors (Lipinski definition) is 3. The van der Waals surface area contributed by atoms with E-state index in [-0.39, 0.29) is 0 Å².